The summed E-state index contributed by atoms with van der Waals surface area (Å²) in [6.45, 7) is 2.96. The van der Waals surface area contributed by atoms with Crippen molar-refractivity contribution >= 4 is 28.8 Å². The number of fused-ring (bicyclic) bond motifs is 1. The number of hydrogen-bond acceptors (Lipinski definition) is 4. The molecule has 0 saturated carbocycles. The number of rotatable bonds is 4. The number of aryl methyl sites for hydroxylation is 1. The van der Waals surface area contributed by atoms with Crippen molar-refractivity contribution in [2.75, 3.05) is 19.0 Å². The van der Waals surface area contributed by atoms with Crippen molar-refractivity contribution in [3.8, 4) is 0 Å². The Kier molecular flexibility index (Phi) is 3.86. The van der Waals surface area contributed by atoms with E-state index in [-0.39, 0.29) is 17.6 Å². The van der Waals surface area contributed by atoms with Crippen LogP contribution in [0.3, 0.4) is 0 Å². The second kappa shape index (κ2) is 5.65. The monoisotopic (exact) mass is 310 g/mol. The number of imidazole rings is 1. The highest BCUT2D eigenvalue weighted by Crippen LogP contribution is 2.32. The van der Waals surface area contributed by atoms with Gasteiger partial charge in [-0.3, -0.25) is 4.79 Å². The van der Waals surface area contributed by atoms with Gasteiger partial charge in [-0.2, -0.15) is 0 Å². The van der Waals surface area contributed by atoms with E-state index in [1.165, 1.54) is 6.07 Å². The molecule has 1 aromatic heterocycles. The molecule has 0 amide bonds. The fourth-order valence-corrected chi connectivity index (χ4v) is 3.31. The normalized spacial score (nSPS) is 18.5. The number of carboxylic acids is 1. The van der Waals surface area contributed by atoms with E-state index in [0.29, 0.717) is 29.5 Å². The zero-order valence-corrected chi connectivity index (χ0v) is 12.3. The Hall–Kier alpha value is -1.60. The molecule has 5 nitrogen and oxygen atoms in total. The molecule has 1 N–H and O–H groups in total. The minimum atomic E-state index is -0.899. The van der Waals surface area contributed by atoms with Crippen LogP contribution in [0.2, 0.25) is 0 Å². The van der Waals surface area contributed by atoms with Gasteiger partial charge in [0.2, 0.25) is 0 Å². The first-order valence-electron chi connectivity index (χ1n) is 6.66. The quantitative estimate of drug-likeness (QED) is 0.880. The van der Waals surface area contributed by atoms with Crippen molar-refractivity contribution in [2.24, 2.45) is 0 Å². The van der Waals surface area contributed by atoms with Crippen LogP contribution >= 0.6 is 11.8 Å². The number of thioether (sulfide) groups is 1. The molecule has 3 rings (SSSR count). The highest BCUT2D eigenvalue weighted by molar-refractivity contribution is 7.99. The van der Waals surface area contributed by atoms with Crippen LogP contribution in [0.5, 0.6) is 0 Å². The SMILES string of the molecule is Cc1cc2c(cc1F)nc(SCC(=O)O)n2C1CCOC1. The van der Waals surface area contributed by atoms with Crippen molar-refractivity contribution in [1.29, 1.82) is 0 Å². The van der Waals surface area contributed by atoms with E-state index in [4.69, 9.17) is 9.84 Å². The maximum Gasteiger partial charge on any atom is 0.313 e. The molecule has 1 saturated heterocycles. The third-order valence-corrected chi connectivity index (χ3v) is 4.47. The molecule has 0 radical (unpaired) electrons. The van der Waals surface area contributed by atoms with Gasteiger partial charge in [0.15, 0.2) is 5.16 Å². The third kappa shape index (κ3) is 2.75. The number of benzene rings is 1. The molecule has 0 aliphatic carbocycles. The Morgan fingerprint density at radius 1 is 1.62 bits per heavy atom. The third-order valence-electron chi connectivity index (χ3n) is 3.53. The molecule has 1 unspecified atom stereocenters. The smallest absolute Gasteiger partial charge is 0.313 e. The van der Waals surface area contributed by atoms with Crippen LogP contribution in [-0.4, -0.2) is 39.6 Å². The van der Waals surface area contributed by atoms with Crippen molar-refractivity contribution in [1.82, 2.24) is 9.55 Å². The molecule has 1 aliphatic heterocycles. The second-order valence-corrected chi connectivity index (χ2v) is 6.00. The van der Waals surface area contributed by atoms with Gasteiger partial charge >= 0.3 is 5.97 Å². The number of carboxylic acid groups (broad SMARTS) is 1. The molecule has 21 heavy (non-hydrogen) atoms. The van der Waals surface area contributed by atoms with Crippen LogP contribution in [-0.2, 0) is 9.53 Å². The summed E-state index contributed by atoms with van der Waals surface area (Å²) in [7, 11) is 0. The minimum absolute atomic E-state index is 0.0711. The lowest BCUT2D eigenvalue weighted by atomic mass is 10.2. The van der Waals surface area contributed by atoms with Crippen LogP contribution in [0, 0.1) is 12.7 Å². The maximum atomic E-state index is 13.7. The van der Waals surface area contributed by atoms with Gasteiger partial charge in [-0.15, -0.1) is 0 Å². The van der Waals surface area contributed by atoms with Gasteiger partial charge in [0.05, 0.1) is 29.4 Å². The zero-order valence-electron chi connectivity index (χ0n) is 11.5. The number of aromatic nitrogens is 2. The van der Waals surface area contributed by atoms with Gasteiger partial charge in [0.25, 0.3) is 0 Å². The van der Waals surface area contributed by atoms with E-state index in [9.17, 15) is 9.18 Å². The molecular formula is C14H15FN2O3S. The fraction of sp³-hybridized carbons (Fsp3) is 0.429. The molecule has 0 spiro atoms. The number of nitrogens with zero attached hydrogens (tertiary/aromatic N) is 2. The summed E-state index contributed by atoms with van der Waals surface area (Å²) in [6.07, 6.45) is 0.850. The molecule has 1 aromatic carbocycles. The summed E-state index contributed by atoms with van der Waals surface area (Å²) in [5.74, 6) is -1.27. The van der Waals surface area contributed by atoms with Gasteiger partial charge in [0.1, 0.15) is 5.82 Å². The standard InChI is InChI=1S/C14H15FN2O3S/c1-8-4-12-11(5-10(8)15)16-14(21-7-13(18)19)17(12)9-2-3-20-6-9/h4-5,9H,2-3,6-7H2,1H3,(H,18,19). The minimum Gasteiger partial charge on any atom is -0.481 e. The van der Waals surface area contributed by atoms with Crippen LogP contribution in [0.25, 0.3) is 11.0 Å². The molecule has 1 atom stereocenters. The number of carbonyl (C=O) groups is 1. The Balaban J connectivity index is 2.10. The van der Waals surface area contributed by atoms with E-state index in [1.54, 1.807) is 13.0 Å². The van der Waals surface area contributed by atoms with Crippen molar-refractivity contribution in [3.05, 3.63) is 23.5 Å². The summed E-state index contributed by atoms with van der Waals surface area (Å²) < 4.78 is 21.1. The average Bonchev–Trinajstić information content (AvgIpc) is 3.04. The van der Waals surface area contributed by atoms with Gasteiger partial charge in [-0.05, 0) is 25.0 Å². The number of halogens is 1. The second-order valence-electron chi connectivity index (χ2n) is 5.05. The van der Waals surface area contributed by atoms with Crippen LogP contribution in [0.1, 0.15) is 18.0 Å². The predicted molar refractivity (Wildman–Crippen MR) is 77.3 cm³/mol. The van der Waals surface area contributed by atoms with E-state index >= 15 is 0 Å². The summed E-state index contributed by atoms with van der Waals surface area (Å²) in [5.41, 5.74) is 1.94. The average molecular weight is 310 g/mol. The lowest BCUT2D eigenvalue weighted by Gasteiger charge is -2.14. The zero-order chi connectivity index (χ0) is 15.0. The van der Waals surface area contributed by atoms with Gasteiger partial charge in [-0.1, -0.05) is 11.8 Å². The number of ether oxygens (including phenoxy) is 1. The van der Waals surface area contributed by atoms with E-state index < -0.39 is 5.97 Å². The first kappa shape index (κ1) is 14.3. The van der Waals surface area contributed by atoms with Gasteiger partial charge in [0, 0.05) is 12.7 Å². The maximum absolute atomic E-state index is 13.7. The van der Waals surface area contributed by atoms with Crippen molar-refractivity contribution in [2.45, 2.75) is 24.5 Å². The Bertz CT molecular complexity index is 695. The molecule has 2 aromatic rings. The number of aliphatic carboxylic acids is 1. The lowest BCUT2D eigenvalue weighted by Crippen LogP contribution is -2.11. The lowest BCUT2D eigenvalue weighted by molar-refractivity contribution is -0.133. The first-order chi connectivity index (χ1) is 10.1. The molecular weight excluding hydrogens is 295 g/mol. The fourth-order valence-electron chi connectivity index (χ4n) is 2.50. The highest BCUT2D eigenvalue weighted by atomic mass is 32.2. The molecule has 0 bridgehead atoms. The molecule has 7 heteroatoms. The van der Waals surface area contributed by atoms with E-state index in [0.717, 1.165) is 23.7 Å². The Morgan fingerprint density at radius 3 is 3.10 bits per heavy atom. The van der Waals surface area contributed by atoms with E-state index in [2.05, 4.69) is 4.98 Å². The molecule has 112 valence electrons. The largest absolute Gasteiger partial charge is 0.481 e. The summed E-state index contributed by atoms with van der Waals surface area (Å²) in [6, 6.07) is 3.29. The molecule has 2 heterocycles. The van der Waals surface area contributed by atoms with Crippen LogP contribution in [0.4, 0.5) is 4.39 Å². The highest BCUT2D eigenvalue weighted by Gasteiger charge is 2.24. The number of hydrogen-bond donors (Lipinski definition) is 1. The van der Waals surface area contributed by atoms with Crippen LogP contribution < -0.4 is 0 Å². The van der Waals surface area contributed by atoms with Crippen molar-refractivity contribution < 1.29 is 19.0 Å². The molecule has 1 aliphatic rings. The summed E-state index contributed by atoms with van der Waals surface area (Å²) in [4.78, 5) is 15.2. The molecule has 1 fully saturated rings. The first-order valence-corrected chi connectivity index (χ1v) is 7.65. The predicted octanol–water partition coefficient (Wildman–Crippen LogP) is 2.62. The van der Waals surface area contributed by atoms with Gasteiger partial charge in [-0.25, -0.2) is 9.37 Å². The van der Waals surface area contributed by atoms with Gasteiger partial charge < -0.3 is 14.4 Å². The summed E-state index contributed by atoms with van der Waals surface area (Å²) >= 11 is 1.15. The Labute approximate surface area is 125 Å². The topological polar surface area (TPSA) is 64.3 Å². The summed E-state index contributed by atoms with van der Waals surface area (Å²) in [5, 5.41) is 9.46. The van der Waals surface area contributed by atoms with Crippen molar-refractivity contribution in [3.63, 3.8) is 0 Å². The van der Waals surface area contributed by atoms with Crippen LogP contribution in [0.15, 0.2) is 17.3 Å². The van der Waals surface area contributed by atoms with E-state index in [1.807, 2.05) is 4.57 Å². The Morgan fingerprint density at radius 2 is 2.43 bits per heavy atom.